The number of ether oxygens (including phenoxy) is 1. The van der Waals surface area contributed by atoms with Gasteiger partial charge in [0.2, 0.25) is 0 Å². The van der Waals surface area contributed by atoms with Gasteiger partial charge in [-0.2, -0.15) is 0 Å². The van der Waals surface area contributed by atoms with Crippen molar-refractivity contribution in [1.29, 1.82) is 0 Å². The predicted molar refractivity (Wildman–Crippen MR) is 62.9 cm³/mol. The molecule has 88 valence electrons. The quantitative estimate of drug-likeness (QED) is 0.543. The first-order chi connectivity index (χ1) is 7.14. The summed E-state index contributed by atoms with van der Waals surface area (Å²) < 4.78 is 5.51. The van der Waals surface area contributed by atoms with Crippen molar-refractivity contribution in [3.63, 3.8) is 0 Å². The van der Waals surface area contributed by atoms with E-state index in [9.17, 15) is 0 Å². The van der Waals surface area contributed by atoms with Crippen LogP contribution in [0.25, 0.3) is 0 Å². The maximum absolute atomic E-state index is 5.70. The maximum Gasteiger partial charge on any atom is 0.188 e. The summed E-state index contributed by atoms with van der Waals surface area (Å²) in [5.41, 5.74) is 5.93. The molecule has 0 amide bonds. The molecule has 1 aliphatic carbocycles. The highest BCUT2D eigenvalue weighted by Gasteiger charge is 2.53. The van der Waals surface area contributed by atoms with Gasteiger partial charge < -0.3 is 15.8 Å². The van der Waals surface area contributed by atoms with Gasteiger partial charge in [0.1, 0.15) is 0 Å². The summed E-state index contributed by atoms with van der Waals surface area (Å²) in [6.45, 7) is 4.42. The smallest absolute Gasteiger partial charge is 0.188 e. The molecule has 2 atom stereocenters. The second-order valence-electron chi connectivity index (χ2n) is 4.21. The van der Waals surface area contributed by atoms with E-state index in [1.807, 2.05) is 0 Å². The van der Waals surface area contributed by atoms with Gasteiger partial charge in [-0.1, -0.05) is 13.8 Å². The molecular formula is C11H23N3O. The van der Waals surface area contributed by atoms with Crippen molar-refractivity contribution in [1.82, 2.24) is 5.32 Å². The first-order valence-corrected chi connectivity index (χ1v) is 5.66. The fraction of sp³-hybridized carbons (Fsp3) is 0.909. The third-order valence-electron chi connectivity index (χ3n) is 3.95. The summed E-state index contributed by atoms with van der Waals surface area (Å²) in [6.07, 6.45) is 3.59. The van der Waals surface area contributed by atoms with E-state index in [2.05, 4.69) is 24.2 Å². The number of hydrogen-bond acceptors (Lipinski definition) is 2. The Balaban J connectivity index is 2.68. The lowest BCUT2D eigenvalue weighted by Crippen LogP contribution is -2.65. The number of hydrogen-bond donors (Lipinski definition) is 2. The highest BCUT2D eigenvalue weighted by molar-refractivity contribution is 5.78. The SMILES string of the molecule is CCC1(CC)C(NC(N)=NC)CC1OC. The van der Waals surface area contributed by atoms with Crippen LogP contribution in [0, 0.1) is 5.41 Å². The minimum atomic E-state index is 0.226. The number of nitrogens with zero attached hydrogens (tertiary/aromatic N) is 1. The van der Waals surface area contributed by atoms with E-state index in [1.165, 1.54) is 0 Å². The van der Waals surface area contributed by atoms with Crippen LogP contribution in [0.1, 0.15) is 33.1 Å². The lowest BCUT2D eigenvalue weighted by atomic mass is 9.58. The van der Waals surface area contributed by atoms with Gasteiger partial charge in [0.15, 0.2) is 5.96 Å². The van der Waals surface area contributed by atoms with Crippen LogP contribution in [-0.2, 0) is 4.74 Å². The maximum atomic E-state index is 5.70. The Morgan fingerprint density at radius 1 is 1.53 bits per heavy atom. The van der Waals surface area contributed by atoms with Gasteiger partial charge in [-0.15, -0.1) is 0 Å². The van der Waals surface area contributed by atoms with Crippen molar-refractivity contribution in [2.45, 2.75) is 45.3 Å². The van der Waals surface area contributed by atoms with Crippen molar-refractivity contribution in [2.24, 2.45) is 16.1 Å². The van der Waals surface area contributed by atoms with Crippen LogP contribution in [-0.4, -0.2) is 32.3 Å². The van der Waals surface area contributed by atoms with Gasteiger partial charge in [-0.25, -0.2) is 0 Å². The standard InChI is InChI=1S/C11H23N3O/c1-5-11(6-2)8(7-9(11)15-4)14-10(12)13-3/h8-9H,5-7H2,1-4H3,(H3,12,13,14). The summed E-state index contributed by atoms with van der Waals surface area (Å²) in [5, 5.41) is 3.27. The fourth-order valence-corrected chi connectivity index (χ4v) is 2.72. The molecule has 0 heterocycles. The first kappa shape index (κ1) is 12.3. The second kappa shape index (κ2) is 4.84. The summed E-state index contributed by atoms with van der Waals surface area (Å²) >= 11 is 0. The molecule has 0 aromatic heterocycles. The predicted octanol–water partition coefficient (Wildman–Crippen LogP) is 1.11. The van der Waals surface area contributed by atoms with Crippen molar-refractivity contribution in [3.8, 4) is 0 Å². The summed E-state index contributed by atoms with van der Waals surface area (Å²) in [5.74, 6) is 0.529. The molecule has 1 aliphatic rings. The molecule has 1 rings (SSSR count). The second-order valence-corrected chi connectivity index (χ2v) is 4.21. The number of nitrogens with two attached hydrogens (primary N) is 1. The van der Waals surface area contributed by atoms with E-state index in [4.69, 9.17) is 10.5 Å². The molecular weight excluding hydrogens is 190 g/mol. The van der Waals surface area contributed by atoms with Crippen LogP contribution in [0.2, 0.25) is 0 Å². The van der Waals surface area contributed by atoms with Crippen molar-refractivity contribution < 1.29 is 4.74 Å². The molecule has 0 radical (unpaired) electrons. The Labute approximate surface area is 92.3 Å². The van der Waals surface area contributed by atoms with Gasteiger partial charge in [-0.3, -0.25) is 4.99 Å². The summed E-state index contributed by atoms with van der Waals surface area (Å²) in [4.78, 5) is 3.94. The molecule has 0 aliphatic heterocycles. The Kier molecular flexibility index (Phi) is 3.97. The molecule has 2 unspecified atom stereocenters. The average molecular weight is 213 g/mol. The van der Waals surface area contributed by atoms with Crippen LogP contribution in [0.15, 0.2) is 4.99 Å². The summed E-state index contributed by atoms with van der Waals surface area (Å²) in [7, 11) is 3.49. The Hall–Kier alpha value is -0.770. The van der Waals surface area contributed by atoms with Crippen LogP contribution >= 0.6 is 0 Å². The Bertz CT molecular complexity index is 236. The average Bonchev–Trinajstić information content (AvgIpc) is 2.25. The number of guanidine groups is 1. The third kappa shape index (κ3) is 1.95. The normalized spacial score (nSPS) is 29.7. The first-order valence-electron chi connectivity index (χ1n) is 5.66. The van der Waals surface area contributed by atoms with E-state index in [-0.39, 0.29) is 5.41 Å². The van der Waals surface area contributed by atoms with E-state index in [0.29, 0.717) is 18.1 Å². The minimum Gasteiger partial charge on any atom is -0.381 e. The van der Waals surface area contributed by atoms with Crippen molar-refractivity contribution >= 4 is 5.96 Å². The molecule has 0 saturated heterocycles. The topological polar surface area (TPSA) is 59.6 Å². The van der Waals surface area contributed by atoms with Crippen molar-refractivity contribution in [3.05, 3.63) is 0 Å². The minimum absolute atomic E-state index is 0.226. The van der Waals surface area contributed by atoms with Gasteiger partial charge in [0.05, 0.1) is 6.10 Å². The number of aliphatic imine (C=N–C) groups is 1. The van der Waals surface area contributed by atoms with Gasteiger partial charge in [-0.05, 0) is 19.3 Å². The monoisotopic (exact) mass is 213 g/mol. The Morgan fingerprint density at radius 3 is 2.53 bits per heavy atom. The lowest BCUT2D eigenvalue weighted by Gasteiger charge is -2.55. The highest BCUT2D eigenvalue weighted by atomic mass is 16.5. The highest BCUT2D eigenvalue weighted by Crippen LogP contribution is 2.48. The molecule has 4 nitrogen and oxygen atoms in total. The van der Waals surface area contributed by atoms with Crippen LogP contribution in [0.4, 0.5) is 0 Å². The third-order valence-corrected chi connectivity index (χ3v) is 3.95. The van der Waals surface area contributed by atoms with Crippen LogP contribution < -0.4 is 11.1 Å². The number of nitrogens with one attached hydrogen (secondary N) is 1. The molecule has 3 N–H and O–H groups in total. The van der Waals surface area contributed by atoms with Gasteiger partial charge in [0, 0.05) is 25.6 Å². The molecule has 1 fully saturated rings. The van der Waals surface area contributed by atoms with Gasteiger partial charge in [0.25, 0.3) is 0 Å². The largest absolute Gasteiger partial charge is 0.381 e. The van der Waals surface area contributed by atoms with E-state index < -0.39 is 0 Å². The molecule has 15 heavy (non-hydrogen) atoms. The zero-order chi connectivity index (χ0) is 11.5. The zero-order valence-electron chi connectivity index (χ0n) is 10.2. The fourth-order valence-electron chi connectivity index (χ4n) is 2.72. The molecule has 1 saturated carbocycles. The van der Waals surface area contributed by atoms with E-state index in [0.717, 1.165) is 19.3 Å². The van der Waals surface area contributed by atoms with E-state index in [1.54, 1.807) is 14.2 Å². The lowest BCUT2D eigenvalue weighted by molar-refractivity contribution is -0.118. The molecule has 0 bridgehead atoms. The molecule has 4 heteroatoms. The van der Waals surface area contributed by atoms with Crippen LogP contribution in [0.3, 0.4) is 0 Å². The number of rotatable bonds is 4. The van der Waals surface area contributed by atoms with Crippen LogP contribution in [0.5, 0.6) is 0 Å². The van der Waals surface area contributed by atoms with Crippen molar-refractivity contribution in [2.75, 3.05) is 14.2 Å². The molecule has 0 aromatic rings. The molecule has 0 aromatic carbocycles. The number of methoxy groups -OCH3 is 1. The summed E-state index contributed by atoms with van der Waals surface area (Å²) in [6, 6.07) is 0.404. The van der Waals surface area contributed by atoms with E-state index >= 15 is 0 Å². The van der Waals surface area contributed by atoms with Gasteiger partial charge >= 0.3 is 0 Å². The zero-order valence-corrected chi connectivity index (χ0v) is 10.2. The Morgan fingerprint density at radius 2 is 2.13 bits per heavy atom. The molecule has 0 spiro atoms.